The fraction of sp³-hybridized carbons (Fsp3) is 0.381. The number of rotatable bonds is 4. The van der Waals surface area contributed by atoms with Crippen LogP contribution in [0.25, 0.3) is 0 Å². The fourth-order valence-electron chi connectivity index (χ4n) is 4.06. The molecule has 0 radical (unpaired) electrons. The number of carbonyl (C=O) groups is 1. The number of sulfonamides is 1. The molecule has 4 rings (SSSR count). The van der Waals surface area contributed by atoms with Crippen LogP contribution in [0.15, 0.2) is 41.3 Å². The number of amides is 1. The van der Waals surface area contributed by atoms with Crippen LogP contribution in [-0.4, -0.2) is 20.9 Å². The molecule has 142 valence electrons. The van der Waals surface area contributed by atoms with Gasteiger partial charge >= 0.3 is 0 Å². The van der Waals surface area contributed by atoms with Gasteiger partial charge in [-0.2, -0.15) is 0 Å². The minimum Gasteiger partial charge on any atom is -0.312 e. The summed E-state index contributed by atoms with van der Waals surface area (Å²) in [4.78, 5) is 14.1. The second kappa shape index (κ2) is 7.00. The summed E-state index contributed by atoms with van der Waals surface area (Å²) < 4.78 is 28.4. The van der Waals surface area contributed by atoms with Crippen molar-refractivity contribution in [3.8, 4) is 0 Å². The van der Waals surface area contributed by atoms with Crippen LogP contribution in [-0.2, 0) is 34.1 Å². The Balaban J connectivity index is 1.61. The van der Waals surface area contributed by atoms with Crippen LogP contribution >= 0.6 is 0 Å². The summed E-state index contributed by atoms with van der Waals surface area (Å²) in [5.41, 5.74) is 4.83. The van der Waals surface area contributed by atoms with E-state index in [4.69, 9.17) is 0 Å². The van der Waals surface area contributed by atoms with Gasteiger partial charge in [-0.1, -0.05) is 6.07 Å². The lowest BCUT2D eigenvalue weighted by Crippen LogP contribution is -2.34. The zero-order valence-electron chi connectivity index (χ0n) is 15.5. The number of benzene rings is 2. The Morgan fingerprint density at radius 3 is 2.48 bits per heavy atom. The Kier molecular flexibility index (Phi) is 4.68. The van der Waals surface area contributed by atoms with E-state index in [9.17, 15) is 13.2 Å². The summed E-state index contributed by atoms with van der Waals surface area (Å²) in [6, 6.07) is 10.9. The van der Waals surface area contributed by atoms with Crippen molar-refractivity contribution in [3.63, 3.8) is 0 Å². The Bertz CT molecular complexity index is 998. The first-order chi connectivity index (χ1) is 13.0. The summed E-state index contributed by atoms with van der Waals surface area (Å²) in [5.74, 6) is 0.118. The van der Waals surface area contributed by atoms with Gasteiger partial charge in [-0.15, -0.1) is 0 Å². The van der Waals surface area contributed by atoms with E-state index in [0.29, 0.717) is 30.0 Å². The fourth-order valence-corrected chi connectivity index (χ4v) is 5.16. The van der Waals surface area contributed by atoms with Crippen molar-refractivity contribution in [1.82, 2.24) is 0 Å². The van der Waals surface area contributed by atoms with Crippen LogP contribution in [0, 0.1) is 0 Å². The van der Waals surface area contributed by atoms with Gasteiger partial charge in [0.15, 0.2) is 0 Å². The molecule has 1 aliphatic carbocycles. The molecule has 0 spiro atoms. The first kappa shape index (κ1) is 18.0. The summed E-state index contributed by atoms with van der Waals surface area (Å²) in [5, 5.41) is 0. The number of aryl methyl sites for hydroxylation is 3. The molecule has 2 aliphatic rings. The van der Waals surface area contributed by atoms with E-state index in [1.54, 1.807) is 17.0 Å². The molecule has 0 atom stereocenters. The van der Waals surface area contributed by atoms with Crippen LogP contribution < -0.4 is 9.62 Å². The third-order valence-electron chi connectivity index (χ3n) is 5.48. The number of nitrogens with one attached hydrogen (secondary N) is 1. The largest absolute Gasteiger partial charge is 0.312 e. The Hall–Kier alpha value is -2.34. The summed E-state index contributed by atoms with van der Waals surface area (Å²) in [7, 11) is -3.63. The Labute approximate surface area is 160 Å². The van der Waals surface area contributed by atoms with Crippen molar-refractivity contribution < 1.29 is 13.2 Å². The van der Waals surface area contributed by atoms with Gasteiger partial charge in [0, 0.05) is 24.3 Å². The highest BCUT2D eigenvalue weighted by atomic mass is 32.2. The number of hydrogen-bond donors (Lipinski definition) is 1. The predicted octanol–water partition coefficient (Wildman–Crippen LogP) is 3.67. The number of carbonyl (C=O) groups excluding carboxylic acids is 1. The van der Waals surface area contributed by atoms with E-state index in [0.717, 1.165) is 36.1 Å². The van der Waals surface area contributed by atoms with Crippen LogP contribution in [0.3, 0.4) is 0 Å². The quantitative estimate of drug-likeness (QED) is 0.875. The van der Waals surface area contributed by atoms with Crippen molar-refractivity contribution in [2.45, 2.75) is 50.3 Å². The monoisotopic (exact) mass is 384 g/mol. The van der Waals surface area contributed by atoms with Gasteiger partial charge in [0.25, 0.3) is 10.0 Å². The van der Waals surface area contributed by atoms with Gasteiger partial charge < -0.3 is 4.90 Å². The average Bonchev–Trinajstić information content (AvgIpc) is 2.67. The molecule has 2 aromatic rings. The van der Waals surface area contributed by atoms with E-state index in [2.05, 4.69) is 4.72 Å². The number of hydrogen-bond acceptors (Lipinski definition) is 3. The SMILES string of the molecule is CCN1C(=O)CCc2cc(NS(=O)(=O)c3ccc4c(c3)CCCC4)ccc21. The van der Waals surface area contributed by atoms with Crippen molar-refractivity contribution >= 4 is 27.3 Å². The second-order valence-corrected chi connectivity index (χ2v) is 8.91. The highest BCUT2D eigenvalue weighted by Crippen LogP contribution is 2.31. The second-order valence-electron chi connectivity index (χ2n) is 7.22. The molecule has 1 N–H and O–H groups in total. The molecule has 0 aromatic heterocycles. The van der Waals surface area contributed by atoms with Crippen molar-refractivity contribution in [1.29, 1.82) is 0 Å². The first-order valence-electron chi connectivity index (χ1n) is 9.56. The standard InChI is InChI=1S/C21H24N2O3S/c1-2-23-20-11-9-18(13-17(20)8-12-21(23)24)22-27(25,26)19-10-7-15-5-3-4-6-16(15)14-19/h7,9-11,13-14,22H,2-6,8,12H2,1H3. The highest BCUT2D eigenvalue weighted by Gasteiger charge is 2.24. The molecule has 2 aromatic carbocycles. The highest BCUT2D eigenvalue weighted by molar-refractivity contribution is 7.92. The van der Waals surface area contributed by atoms with Gasteiger partial charge in [-0.25, -0.2) is 8.42 Å². The average molecular weight is 385 g/mol. The summed E-state index contributed by atoms with van der Waals surface area (Å²) in [6.07, 6.45) is 5.35. The van der Waals surface area contributed by atoms with Gasteiger partial charge in [0.2, 0.25) is 5.91 Å². The van der Waals surface area contributed by atoms with Crippen LogP contribution in [0.4, 0.5) is 11.4 Å². The minimum absolute atomic E-state index is 0.118. The molecule has 1 aliphatic heterocycles. The van der Waals surface area contributed by atoms with E-state index < -0.39 is 10.0 Å². The van der Waals surface area contributed by atoms with E-state index in [1.165, 1.54) is 12.0 Å². The van der Waals surface area contributed by atoms with Gasteiger partial charge in [0.05, 0.1) is 4.90 Å². The molecule has 5 nitrogen and oxygen atoms in total. The Morgan fingerprint density at radius 1 is 0.926 bits per heavy atom. The van der Waals surface area contributed by atoms with Crippen LogP contribution in [0.1, 0.15) is 42.9 Å². The van der Waals surface area contributed by atoms with E-state index in [1.807, 2.05) is 31.2 Å². The lowest BCUT2D eigenvalue weighted by molar-refractivity contribution is -0.118. The molecule has 1 amide bonds. The lowest BCUT2D eigenvalue weighted by Gasteiger charge is -2.28. The van der Waals surface area contributed by atoms with Crippen molar-refractivity contribution in [2.24, 2.45) is 0 Å². The smallest absolute Gasteiger partial charge is 0.261 e. The summed E-state index contributed by atoms with van der Waals surface area (Å²) in [6.45, 7) is 2.56. The maximum Gasteiger partial charge on any atom is 0.261 e. The molecule has 0 bridgehead atoms. The first-order valence-corrected chi connectivity index (χ1v) is 11.0. The third kappa shape index (κ3) is 3.46. The molecule has 27 heavy (non-hydrogen) atoms. The Morgan fingerprint density at radius 2 is 1.70 bits per heavy atom. The van der Waals surface area contributed by atoms with Crippen molar-refractivity contribution in [3.05, 3.63) is 53.1 Å². The third-order valence-corrected chi connectivity index (χ3v) is 6.86. The lowest BCUT2D eigenvalue weighted by atomic mass is 9.92. The molecular weight excluding hydrogens is 360 g/mol. The van der Waals surface area contributed by atoms with Gasteiger partial charge in [-0.3, -0.25) is 9.52 Å². The van der Waals surface area contributed by atoms with E-state index >= 15 is 0 Å². The van der Waals surface area contributed by atoms with E-state index in [-0.39, 0.29) is 5.91 Å². The predicted molar refractivity (Wildman–Crippen MR) is 107 cm³/mol. The van der Waals surface area contributed by atoms with Gasteiger partial charge in [0.1, 0.15) is 0 Å². The normalized spacial score (nSPS) is 16.6. The maximum atomic E-state index is 12.9. The molecular formula is C21H24N2O3S. The summed E-state index contributed by atoms with van der Waals surface area (Å²) >= 11 is 0. The molecule has 1 heterocycles. The minimum atomic E-state index is -3.63. The molecule has 6 heteroatoms. The van der Waals surface area contributed by atoms with Crippen molar-refractivity contribution in [2.75, 3.05) is 16.2 Å². The zero-order chi connectivity index (χ0) is 19.0. The molecule has 0 saturated heterocycles. The zero-order valence-corrected chi connectivity index (χ0v) is 16.3. The number of nitrogens with zero attached hydrogens (tertiary/aromatic N) is 1. The van der Waals surface area contributed by atoms with Crippen LogP contribution in [0.2, 0.25) is 0 Å². The topological polar surface area (TPSA) is 66.5 Å². The van der Waals surface area contributed by atoms with Gasteiger partial charge in [-0.05, 0) is 86.1 Å². The molecule has 0 fully saturated rings. The maximum absolute atomic E-state index is 12.9. The molecule has 0 unspecified atom stereocenters. The number of anilines is 2. The number of fused-ring (bicyclic) bond motifs is 2. The van der Waals surface area contributed by atoms with Crippen LogP contribution in [0.5, 0.6) is 0 Å². The molecule has 0 saturated carbocycles.